The Labute approximate surface area is 103 Å². The van der Waals surface area contributed by atoms with Crippen molar-refractivity contribution in [3.05, 3.63) is 22.6 Å². The van der Waals surface area contributed by atoms with E-state index in [0.717, 1.165) is 18.3 Å². The summed E-state index contributed by atoms with van der Waals surface area (Å²) in [5.41, 5.74) is -0.321. The summed E-state index contributed by atoms with van der Waals surface area (Å²) in [5, 5.41) is 9.13. The van der Waals surface area contributed by atoms with Crippen LogP contribution in [-0.2, 0) is 11.3 Å². The summed E-state index contributed by atoms with van der Waals surface area (Å²) in [4.78, 5) is 25.5. The first-order valence-electron chi connectivity index (χ1n) is 5.48. The highest BCUT2D eigenvalue weighted by molar-refractivity contribution is 7.99. The Hall–Kier alpha value is -1.30. The van der Waals surface area contributed by atoms with Crippen LogP contribution in [0.15, 0.2) is 22.2 Å². The lowest BCUT2D eigenvalue weighted by Crippen LogP contribution is -2.15. The van der Waals surface area contributed by atoms with Crippen LogP contribution in [0.2, 0.25) is 0 Å². The number of hydrogen-bond acceptors (Lipinski definition) is 4. The minimum Gasteiger partial charge on any atom is -0.481 e. The first kappa shape index (κ1) is 12.2. The van der Waals surface area contributed by atoms with E-state index in [4.69, 9.17) is 5.11 Å². The molecule has 6 heteroatoms. The van der Waals surface area contributed by atoms with Gasteiger partial charge in [0.1, 0.15) is 0 Å². The van der Waals surface area contributed by atoms with Crippen LogP contribution in [0.4, 0.5) is 0 Å². The lowest BCUT2D eigenvalue weighted by molar-refractivity contribution is -0.133. The summed E-state index contributed by atoms with van der Waals surface area (Å²) in [5.74, 6) is 0.367. The van der Waals surface area contributed by atoms with E-state index in [-0.39, 0.29) is 11.3 Å². The molecule has 0 aromatic carbocycles. The van der Waals surface area contributed by atoms with E-state index < -0.39 is 5.97 Å². The number of aromatic nitrogens is 2. The number of carboxylic acid groups (broad SMARTS) is 1. The number of hydrogen-bond donors (Lipinski definition) is 1. The highest BCUT2D eigenvalue weighted by Gasteiger charge is 2.32. The van der Waals surface area contributed by atoms with E-state index in [1.54, 1.807) is 6.20 Å². The van der Waals surface area contributed by atoms with E-state index in [0.29, 0.717) is 17.0 Å². The lowest BCUT2D eigenvalue weighted by Gasteiger charge is -2.10. The summed E-state index contributed by atoms with van der Waals surface area (Å²) in [6.07, 6.45) is 2.89. The minimum absolute atomic E-state index is 0.0727. The zero-order valence-corrected chi connectivity index (χ0v) is 10.3. The van der Waals surface area contributed by atoms with Gasteiger partial charge in [0.05, 0.1) is 5.75 Å². The Morgan fingerprint density at radius 3 is 3.00 bits per heavy atom. The largest absolute Gasteiger partial charge is 0.481 e. The summed E-state index contributed by atoms with van der Waals surface area (Å²) in [6, 6.07) is 1.41. The molecule has 0 radical (unpaired) electrons. The molecule has 2 unspecified atom stereocenters. The Bertz CT molecular complexity index is 486. The van der Waals surface area contributed by atoms with Crippen molar-refractivity contribution in [2.45, 2.75) is 25.0 Å². The fourth-order valence-corrected chi connectivity index (χ4v) is 2.41. The van der Waals surface area contributed by atoms with Gasteiger partial charge in [-0.3, -0.25) is 9.59 Å². The maximum Gasteiger partial charge on any atom is 0.313 e. The number of carbonyl (C=O) groups is 1. The molecular formula is C11H14N2O3S. The van der Waals surface area contributed by atoms with Gasteiger partial charge in [-0.1, -0.05) is 18.7 Å². The van der Waals surface area contributed by atoms with Crippen LogP contribution in [0, 0.1) is 11.8 Å². The van der Waals surface area contributed by atoms with E-state index in [1.165, 1.54) is 12.5 Å². The lowest BCUT2D eigenvalue weighted by atomic mass is 10.3. The number of thioether (sulfide) groups is 1. The second kappa shape index (κ2) is 4.91. The predicted molar refractivity (Wildman–Crippen MR) is 64.1 cm³/mol. The molecule has 0 aliphatic heterocycles. The van der Waals surface area contributed by atoms with Gasteiger partial charge in [-0.2, -0.15) is 4.98 Å². The molecule has 1 fully saturated rings. The molecule has 2 atom stereocenters. The topological polar surface area (TPSA) is 72.2 Å². The molecule has 1 heterocycles. The molecule has 0 bridgehead atoms. The predicted octanol–water partition coefficient (Wildman–Crippen LogP) is 1.08. The van der Waals surface area contributed by atoms with Crippen LogP contribution in [0.3, 0.4) is 0 Å². The minimum atomic E-state index is -0.903. The van der Waals surface area contributed by atoms with Crippen LogP contribution in [0.1, 0.15) is 13.3 Å². The zero-order valence-electron chi connectivity index (χ0n) is 9.50. The van der Waals surface area contributed by atoms with Gasteiger partial charge in [0, 0.05) is 18.8 Å². The highest BCUT2D eigenvalue weighted by atomic mass is 32.2. The summed E-state index contributed by atoms with van der Waals surface area (Å²) >= 11 is 1.09. The van der Waals surface area contributed by atoms with E-state index >= 15 is 0 Å². The third-order valence-electron chi connectivity index (χ3n) is 2.88. The Morgan fingerprint density at radius 2 is 2.41 bits per heavy atom. The van der Waals surface area contributed by atoms with Gasteiger partial charge in [0.2, 0.25) is 0 Å². The van der Waals surface area contributed by atoms with Crippen molar-refractivity contribution >= 4 is 17.7 Å². The maximum absolute atomic E-state index is 11.2. The Morgan fingerprint density at radius 1 is 1.71 bits per heavy atom. The van der Waals surface area contributed by atoms with Gasteiger partial charge in [0.15, 0.2) is 5.16 Å². The average molecular weight is 254 g/mol. The van der Waals surface area contributed by atoms with Crippen molar-refractivity contribution in [1.29, 1.82) is 0 Å². The van der Waals surface area contributed by atoms with Crippen LogP contribution in [0.25, 0.3) is 0 Å². The maximum atomic E-state index is 11.2. The third-order valence-corrected chi connectivity index (χ3v) is 3.86. The molecule has 1 saturated carbocycles. The molecule has 1 N–H and O–H groups in total. The number of aliphatic carboxylic acids is 1. The van der Waals surface area contributed by atoms with E-state index in [1.807, 2.05) is 4.57 Å². The second-order valence-corrected chi connectivity index (χ2v) is 5.30. The Balaban J connectivity index is 2.12. The smallest absolute Gasteiger partial charge is 0.313 e. The van der Waals surface area contributed by atoms with Crippen molar-refractivity contribution in [1.82, 2.24) is 9.55 Å². The van der Waals surface area contributed by atoms with Crippen LogP contribution < -0.4 is 5.56 Å². The van der Waals surface area contributed by atoms with Gasteiger partial charge in [0.25, 0.3) is 5.56 Å². The third kappa shape index (κ3) is 3.33. The SMILES string of the molecule is CC1CC1Cn1ccc(=O)nc1SCC(=O)O. The van der Waals surface area contributed by atoms with Crippen LogP contribution in [-0.4, -0.2) is 26.4 Å². The molecule has 92 valence electrons. The summed E-state index contributed by atoms with van der Waals surface area (Å²) < 4.78 is 1.88. The first-order valence-corrected chi connectivity index (χ1v) is 6.47. The van der Waals surface area contributed by atoms with Crippen molar-refractivity contribution in [3.8, 4) is 0 Å². The molecule has 17 heavy (non-hydrogen) atoms. The molecule has 0 spiro atoms. The second-order valence-electron chi connectivity index (χ2n) is 4.36. The summed E-state index contributed by atoms with van der Waals surface area (Å²) in [7, 11) is 0. The number of carboxylic acids is 1. The fourth-order valence-electron chi connectivity index (χ4n) is 1.70. The molecule has 2 rings (SSSR count). The molecular weight excluding hydrogens is 240 g/mol. The van der Waals surface area contributed by atoms with Gasteiger partial charge in [-0.15, -0.1) is 0 Å². The van der Waals surface area contributed by atoms with Crippen molar-refractivity contribution in [2.24, 2.45) is 11.8 Å². The van der Waals surface area contributed by atoms with Crippen LogP contribution >= 0.6 is 11.8 Å². The molecule has 0 amide bonds. The van der Waals surface area contributed by atoms with Crippen molar-refractivity contribution in [3.63, 3.8) is 0 Å². The number of rotatable bonds is 5. The highest BCUT2D eigenvalue weighted by Crippen LogP contribution is 2.39. The molecule has 1 aromatic heterocycles. The van der Waals surface area contributed by atoms with Gasteiger partial charge in [-0.05, 0) is 18.3 Å². The fraction of sp³-hybridized carbons (Fsp3) is 0.545. The number of nitrogens with zero attached hydrogens (tertiary/aromatic N) is 2. The molecule has 5 nitrogen and oxygen atoms in total. The van der Waals surface area contributed by atoms with Crippen molar-refractivity contribution < 1.29 is 9.90 Å². The van der Waals surface area contributed by atoms with Gasteiger partial charge >= 0.3 is 5.97 Å². The normalized spacial score (nSPS) is 22.4. The van der Waals surface area contributed by atoms with E-state index in [9.17, 15) is 9.59 Å². The summed E-state index contributed by atoms with van der Waals surface area (Å²) in [6.45, 7) is 3.00. The standard InChI is InChI=1S/C11H14N2O3S/c1-7-4-8(7)5-13-3-2-9(14)12-11(13)17-6-10(15)16/h2-3,7-8H,4-6H2,1H3,(H,15,16). The van der Waals surface area contributed by atoms with Crippen LogP contribution in [0.5, 0.6) is 0 Å². The molecule has 1 aliphatic rings. The Kier molecular flexibility index (Phi) is 3.51. The molecule has 1 aromatic rings. The monoisotopic (exact) mass is 254 g/mol. The van der Waals surface area contributed by atoms with Gasteiger partial charge < -0.3 is 9.67 Å². The zero-order chi connectivity index (χ0) is 12.4. The van der Waals surface area contributed by atoms with Gasteiger partial charge in [-0.25, -0.2) is 0 Å². The van der Waals surface area contributed by atoms with E-state index in [2.05, 4.69) is 11.9 Å². The quantitative estimate of drug-likeness (QED) is 0.628. The average Bonchev–Trinajstić information content (AvgIpc) is 2.95. The van der Waals surface area contributed by atoms with Crippen molar-refractivity contribution in [2.75, 3.05) is 5.75 Å². The molecule has 0 saturated heterocycles. The first-order chi connectivity index (χ1) is 8.06. The molecule has 1 aliphatic carbocycles.